The number of anilines is 1. The fraction of sp³-hybridized carbons (Fsp3) is 0.467. The van der Waals surface area contributed by atoms with Crippen molar-refractivity contribution in [1.29, 1.82) is 0 Å². The maximum absolute atomic E-state index is 4.40. The number of rotatable bonds is 2. The van der Waals surface area contributed by atoms with Crippen molar-refractivity contribution in [3.05, 3.63) is 41.2 Å². The molecule has 0 amide bonds. The van der Waals surface area contributed by atoms with Crippen molar-refractivity contribution in [1.82, 2.24) is 14.8 Å². The molecule has 1 aromatic heterocycles. The lowest BCUT2D eigenvalue weighted by atomic mass is 9.92. The van der Waals surface area contributed by atoms with Crippen LogP contribution in [0.3, 0.4) is 0 Å². The largest absolute Gasteiger partial charge is 0.357 e. The van der Waals surface area contributed by atoms with Crippen molar-refractivity contribution in [2.45, 2.75) is 24.7 Å². The van der Waals surface area contributed by atoms with Crippen LogP contribution in [0.4, 0.5) is 5.95 Å². The van der Waals surface area contributed by atoms with E-state index in [2.05, 4.69) is 51.4 Å². The summed E-state index contributed by atoms with van der Waals surface area (Å²) < 4.78 is 2.10. The highest BCUT2D eigenvalue weighted by molar-refractivity contribution is 5.44. The van der Waals surface area contributed by atoms with Crippen LogP contribution in [0.5, 0.6) is 0 Å². The van der Waals surface area contributed by atoms with Gasteiger partial charge in [0.25, 0.3) is 0 Å². The third kappa shape index (κ3) is 1.46. The molecule has 2 aliphatic rings. The number of fused-ring (bicyclic) bond motifs is 3. The molecule has 1 fully saturated rings. The van der Waals surface area contributed by atoms with Crippen LogP contribution in [-0.4, -0.2) is 21.8 Å². The summed E-state index contributed by atoms with van der Waals surface area (Å²) >= 11 is 0. The number of hydrogen-bond acceptors (Lipinski definition) is 3. The maximum Gasteiger partial charge on any atom is 0.224 e. The minimum absolute atomic E-state index is 0.559. The Bertz CT molecular complexity index is 631. The molecular formula is C15H18N4. The Balaban J connectivity index is 1.72. The van der Waals surface area contributed by atoms with Crippen LogP contribution in [0.15, 0.2) is 24.3 Å². The molecule has 2 aliphatic carbocycles. The summed E-state index contributed by atoms with van der Waals surface area (Å²) in [5.41, 5.74) is 3.07. The first-order chi connectivity index (χ1) is 9.31. The fourth-order valence-electron chi connectivity index (χ4n) is 3.77. The summed E-state index contributed by atoms with van der Waals surface area (Å²) in [7, 11) is 3.94. The Labute approximate surface area is 112 Å². The Kier molecular flexibility index (Phi) is 2.22. The molecular weight excluding hydrogens is 236 g/mol. The van der Waals surface area contributed by atoms with Gasteiger partial charge in [-0.1, -0.05) is 24.3 Å². The van der Waals surface area contributed by atoms with Crippen LogP contribution in [0, 0.1) is 5.92 Å². The van der Waals surface area contributed by atoms with Gasteiger partial charge in [-0.25, -0.2) is 0 Å². The van der Waals surface area contributed by atoms with Crippen LogP contribution in [0.2, 0.25) is 0 Å². The van der Waals surface area contributed by atoms with Gasteiger partial charge in [0.15, 0.2) is 0 Å². The van der Waals surface area contributed by atoms with E-state index in [1.807, 2.05) is 7.05 Å². The SMILES string of the molecule is CNc1nnc(C2C3CCc4ccccc4C32)n1C. The molecule has 0 saturated heterocycles. The lowest BCUT2D eigenvalue weighted by Crippen LogP contribution is -2.02. The average molecular weight is 254 g/mol. The molecule has 4 nitrogen and oxygen atoms in total. The molecule has 3 unspecified atom stereocenters. The van der Waals surface area contributed by atoms with Gasteiger partial charge in [0.1, 0.15) is 5.82 Å². The summed E-state index contributed by atoms with van der Waals surface area (Å²) in [6, 6.07) is 8.88. The van der Waals surface area contributed by atoms with Crippen molar-refractivity contribution in [2.24, 2.45) is 13.0 Å². The lowest BCUT2D eigenvalue weighted by molar-refractivity contribution is 0.648. The minimum Gasteiger partial charge on any atom is -0.357 e. The van der Waals surface area contributed by atoms with Gasteiger partial charge in [-0.15, -0.1) is 10.2 Å². The lowest BCUT2D eigenvalue weighted by Gasteiger charge is -2.13. The zero-order valence-electron chi connectivity index (χ0n) is 11.3. The predicted molar refractivity (Wildman–Crippen MR) is 74.3 cm³/mol. The highest BCUT2D eigenvalue weighted by Gasteiger charge is 2.55. The van der Waals surface area contributed by atoms with Crippen LogP contribution in [-0.2, 0) is 13.5 Å². The van der Waals surface area contributed by atoms with E-state index in [1.165, 1.54) is 24.0 Å². The summed E-state index contributed by atoms with van der Waals surface area (Å²) in [4.78, 5) is 0. The first-order valence-electron chi connectivity index (χ1n) is 6.96. The Morgan fingerprint density at radius 2 is 2.05 bits per heavy atom. The molecule has 1 heterocycles. The second-order valence-corrected chi connectivity index (χ2v) is 5.64. The summed E-state index contributed by atoms with van der Waals surface area (Å²) in [5.74, 6) is 3.98. The summed E-state index contributed by atoms with van der Waals surface area (Å²) in [5, 5.41) is 11.7. The van der Waals surface area contributed by atoms with E-state index in [-0.39, 0.29) is 0 Å². The van der Waals surface area contributed by atoms with Crippen LogP contribution in [0.1, 0.15) is 35.2 Å². The number of nitrogens with one attached hydrogen (secondary N) is 1. The third-order valence-electron chi connectivity index (χ3n) is 4.76. The van der Waals surface area contributed by atoms with Crippen molar-refractivity contribution < 1.29 is 0 Å². The Morgan fingerprint density at radius 1 is 1.21 bits per heavy atom. The van der Waals surface area contributed by atoms with Crippen molar-refractivity contribution in [2.75, 3.05) is 12.4 Å². The van der Waals surface area contributed by atoms with E-state index in [1.54, 1.807) is 0 Å². The monoisotopic (exact) mass is 254 g/mol. The molecule has 2 aromatic rings. The van der Waals surface area contributed by atoms with E-state index in [0.29, 0.717) is 11.8 Å². The molecule has 3 atom stereocenters. The van der Waals surface area contributed by atoms with Gasteiger partial charge in [0.2, 0.25) is 5.95 Å². The first-order valence-corrected chi connectivity index (χ1v) is 6.96. The number of benzene rings is 1. The molecule has 1 N–H and O–H groups in total. The molecule has 0 bridgehead atoms. The van der Waals surface area contributed by atoms with Gasteiger partial charge < -0.3 is 9.88 Å². The van der Waals surface area contributed by atoms with Crippen LogP contribution in [0.25, 0.3) is 0 Å². The smallest absolute Gasteiger partial charge is 0.224 e. The topological polar surface area (TPSA) is 42.7 Å². The van der Waals surface area contributed by atoms with E-state index >= 15 is 0 Å². The normalized spacial score (nSPS) is 27.6. The van der Waals surface area contributed by atoms with Gasteiger partial charge in [-0.2, -0.15) is 0 Å². The van der Waals surface area contributed by atoms with Gasteiger partial charge >= 0.3 is 0 Å². The number of aromatic nitrogens is 3. The Morgan fingerprint density at radius 3 is 2.84 bits per heavy atom. The molecule has 19 heavy (non-hydrogen) atoms. The van der Waals surface area contributed by atoms with E-state index < -0.39 is 0 Å². The second-order valence-electron chi connectivity index (χ2n) is 5.64. The third-order valence-corrected chi connectivity index (χ3v) is 4.76. The van der Waals surface area contributed by atoms with E-state index in [0.717, 1.165) is 17.7 Å². The fourth-order valence-corrected chi connectivity index (χ4v) is 3.77. The molecule has 1 aromatic carbocycles. The first kappa shape index (κ1) is 11.0. The molecule has 4 rings (SSSR count). The van der Waals surface area contributed by atoms with Crippen molar-refractivity contribution in [3.8, 4) is 0 Å². The zero-order chi connectivity index (χ0) is 13.0. The van der Waals surface area contributed by atoms with Gasteiger partial charge in [0.05, 0.1) is 0 Å². The quantitative estimate of drug-likeness (QED) is 0.894. The standard InChI is InChI=1S/C15H18N4/c1-16-15-18-17-14(19(15)2)13-11-8-7-9-5-3-4-6-10(9)12(11)13/h3-6,11-13H,7-8H2,1-2H3,(H,16,18). The second kappa shape index (κ2) is 3.83. The van der Waals surface area contributed by atoms with E-state index in [4.69, 9.17) is 0 Å². The summed E-state index contributed by atoms with van der Waals surface area (Å²) in [6.45, 7) is 0. The average Bonchev–Trinajstić information content (AvgIpc) is 3.07. The molecule has 0 spiro atoms. The number of hydrogen-bond donors (Lipinski definition) is 1. The van der Waals surface area contributed by atoms with Crippen molar-refractivity contribution in [3.63, 3.8) is 0 Å². The zero-order valence-corrected chi connectivity index (χ0v) is 11.3. The molecule has 0 radical (unpaired) electrons. The van der Waals surface area contributed by atoms with Gasteiger partial charge in [-0.3, -0.25) is 0 Å². The molecule has 1 saturated carbocycles. The van der Waals surface area contributed by atoms with Gasteiger partial charge in [-0.05, 0) is 35.8 Å². The van der Waals surface area contributed by atoms with Crippen LogP contribution < -0.4 is 5.32 Å². The molecule has 4 heteroatoms. The highest BCUT2D eigenvalue weighted by atomic mass is 15.3. The number of nitrogens with zero attached hydrogens (tertiary/aromatic N) is 3. The minimum atomic E-state index is 0.559. The summed E-state index contributed by atoms with van der Waals surface area (Å²) in [6.07, 6.45) is 2.50. The maximum atomic E-state index is 4.40. The highest BCUT2D eigenvalue weighted by Crippen LogP contribution is 2.64. The predicted octanol–water partition coefficient (Wildman–Crippen LogP) is 2.30. The molecule has 0 aliphatic heterocycles. The molecule has 98 valence electrons. The van der Waals surface area contributed by atoms with Crippen LogP contribution >= 0.6 is 0 Å². The van der Waals surface area contributed by atoms with Gasteiger partial charge in [0, 0.05) is 20.0 Å². The Hall–Kier alpha value is -1.84. The van der Waals surface area contributed by atoms with Crippen molar-refractivity contribution >= 4 is 5.95 Å². The number of aryl methyl sites for hydroxylation is 1. The van der Waals surface area contributed by atoms with E-state index in [9.17, 15) is 0 Å².